The van der Waals surface area contributed by atoms with E-state index in [2.05, 4.69) is 10.6 Å². The molecule has 2 rings (SSSR count). The van der Waals surface area contributed by atoms with E-state index in [-0.39, 0.29) is 5.91 Å². The summed E-state index contributed by atoms with van der Waals surface area (Å²) in [6, 6.07) is 12.6. The summed E-state index contributed by atoms with van der Waals surface area (Å²) in [5.41, 5.74) is 0.876. The van der Waals surface area contributed by atoms with E-state index in [0.717, 1.165) is 5.56 Å². The van der Waals surface area contributed by atoms with Crippen LogP contribution in [0.1, 0.15) is 23.4 Å². The number of carbonyl (C=O) groups is 2. The molecular weight excluding hydrogens is 298 g/mol. The summed E-state index contributed by atoms with van der Waals surface area (Å²) in [4.78, 5) is 25.1. The van der Waals surface area contributed by atoms with Crippen molar-refractivity contribution in [2.24, 2.45) is 0 Å². The van der Waals surface area contributed by atoms with Crippen LogP contribution in [0.15, 0.2) is 47.8 Å². The molecule has 0 bridgehead atoms. The van der Waals surface area contributed by atoms with Crippen LogP contribution in [0.3, 0.4) is 0 Å². The molecule has 0 aliphatic carbocycles. The number of quaternary nitrogens is 1. The predicted octanol–water partition coefficient (Wildman–Crippen LogP) is 1.40. The fourth-order valence-corrected chi connectivity index (χ4v) is 2.79. The number of urea groups is 1. The number of amides is 3. The monoisotopic (exact) mass is 318 g/mol. The Balaban J connectivity index is 2.07. The lowest BCUT2D eigenvalue weighted by molar-refractivity contribution is -0.697. The Kier molecular flexibility index (Phi) is 6.12. The van der Waals surface area contributed by atoms with Gasteiger partial charge in [0, 0.05) is 12.1 Å². The van der Waals surface area contributed by atoms with Crippen LogP contribution in [0.25, 0.3) is 0 Å². The van der Waals surface area contributed by atoms with Crippen molar-refractivity contribution >= 4 is 23.3 Å². The first-order chi connectivity index (χ1) is 10.7. The summed E-state index contributed by atoms with van der Waals surface area (Å²) in [5.74, 6) is -0.311. The molecule has 0 aliphatic heterocycles. The van der Waals surface area contributed by atoms with Gasteiger partial charge < -0.3 is 10.6 Å². The van der Waals surface area contributed by atoms with E-state index in [0.29, 0.717) is 13.1 Å². The van der Waals surface area contributed by atoms with E-state index in [9.17, 15) is 9.59 Å². The number of nitrogens with two attached hydrogens (primary N) is 1. The third kappa shape index (κ3) is 4.68. The van der Waals surface area contributed by atoms with Gasteiger partial charge in [0.25, 0.3) is 5.91 Å². The average molecular weight is 318 g/mol. The Bertz CT molecular complexity index is 599. The van der Waals surface area contributed by atoms with E-state index in [1.54, 1.807) is 11.3 Å². The molecule has 0 spiro atoms. The molecule has 6 heteroatoms. The first-order valence-corrected chi connectivity index (χ1v) is 8.08. The lowest BCUT2D eigenvalue weighted by Crippen LogP contribution is -2.86. The number of imide groups is 1. The van der Waals surface area contributed by atoms with Gasteiger partial charge in [-0.2, -0.15) is 0 Å². The molecule has 4 N–H and O–H groups in total. The van der Waals surface area contributed by atoms with Gasteiger partial charge in [-0.15, -0.1) is 11.3 Å². The standard InChI is InChI=1S/C16H19N3O2S/c1-2-17-16(21)19-15(20)14(12-7-4-3-5-8-12)18-11-13-9-6-10-22-13/h3-10,14,18H,2,11H2,1H3,(H2,17,19,20,21)/p+1/t14-/m1/s1. The van der Waals surface area contributed by atoms with Gasteiger partial charge >= 0.3 is 6.03 Å². The molecule has 0 radical (unpaired) electrons. The van der Waals surface area contributed by atoms with Crippen molar-refractivity contribution in [1.82, 2.24) is 10.6 Å². The van der Waals surface area contributed by atoms with Crippen molar-refractivity contribution in [3.8, 4) is 0 Å². The van der Waals surface area contributed by atoms with Crippen molar-refractivity contribution in [3.63, 3.8) is 0 Å². The zero-order chi connectivity index (χ0) is 15.8. The zero-order valence-corrected chi connectivity index (χ0v) is 13.2. The average Bonchev–Trinajstić information content (AvgIpc) is 3.02. The van der Waals surface area contributed by atoms with Gasteiger partial charge in [-0.05, 0) is 18.4 Å². The molecule has 2 aromatic rings. The SMILES string of the molecule is CCNC(=O)NC(=O)[C@H]([NH2+]Cc1cccs1)c1ccccc1. The van der Waals surface area contributed by atoms with Crippen LogP contribution in [0, 0.1) is 0 Å². The third-order valence-corrected chi connectivity index (χ3v) is 4.05. The maximum atomic E-state index is 12.4. The first kappa shape index (κ1) is 16.2. The Morgan fingerprint density at radius 2 is 1.95 bits per heavy atom. The molecule has 0 unspecified atom stereocenters. The van der Waals surface area contributed by atoms with Gasteiger partial charge in [-0.3, -0.25) is 10.1 Å². The molecule has 116 valence electrons. The lowest BCUT2D eigenvalue weighted by atomic mass is 10.1. The molecule has 1 atom stereocenters. The molecule has 22 heavy (non-hydrogen) atoms. The highest BCUT2D eigenvalue weighted by molar-refractivity contribution is 7.09. The van der Waals surface area contributed by atoms with Crippen LogP contribution in [-0.2, 0) is 11.3 Å². The second-order valence-corrected chi connectivity index (χ2v) is 5.79. The summed E-state index contributed by atoms with van der Waals surface area (Å²) in [6.45, 7) is 2.98. The number of benzene rings is 1. The largest absolute Gasteiger partial charge is 0.338 e. The topological polar surface area (TPSA) is 74.8 Å². The quantitative estimate of drug-likeness (QED) is 0.753. The predicted molar refractivity (Wildman–Crippen MR) is 86.3 cm³/mol. The first-order valence-electron chi connectivity index (χ1n) is 7.20. The van der Waals surface area contributed by atoms with Gasteiger partial charge in [0.2, 0.25) is 0 Å². The minimum absolute atomic E-state index is 0.311. The van der Waals surface area contributed by atoms with Gasteiger partial charge in [-0.1, -0.05) is 36.4 Å². The Morgan fingerprint density at radius 1 is 1.18 bits per heavy atom. The van der Waals surface area contributed by atoms with Gasteiger partial charge in [0.15, 0.2) is 6.04 Å². The molecule has 0 aliphatic rings. The number of thiophene rings is 1. The number of nitrogens with one attached hydrogen (secondary N) is 2. The number of carbonyl (C=O) groups excluding carboxylic acids is 2. The zero-order valence-electron chi connectivity index (χ0n) is 12.4. The maximum absolute atomic E-state index is 12.4. The third-order valence-electron chi connectivity index (χ3n) is 3.15. The molecule has 0 saturated heterocycles. The normalized spacial score (nSPS) is 11.7. The number of hydrogen-bond acceptors (Lipinski definition) is 3. The number of rotatable bonds is 6. The molecule has 1 aromatic carbocycles. The van der Waals surface area contributed by atoms with Crippen LogP contribution in [0.4, 0.5) is 4.79 Å². The fourth-order valence-electron chi connectivity index (χ4n) is 2.11. The van der Waals surface area contributed by atoms with Crippen molar-refractivity contribution in [1.29, 1.82) is 0 Å². The van der Waals surface area contributed by atoms with Crippen LogP contribution in [-0.4, -0.2) is 18.5 Å². The second kappa shape index (κ2) is 8.31. The summed E-state index contributed by atoms with van der Waals surface area (Å²) in [5, 5.41) is 8.91. The van der Waals surface area contributed by atoms with Gasteiger partial charge in [0.1, 0.15) is 6.54 Å². The van der Waals surface area contributed by atoms with Crippen molar-refractivity contribution in [3.05, 3.63) is 58.3 Å². The molecule has 1 heterocycles. The molecule has 0 fully saturated rings. The van der Waals surface area contributed by atoms with Crippen LogP contribution in [0.2, 0.25) is 0 Å². The molecule has 0 saturated carbocycles. The highest BCUT2D eigenvalue weighted by Gasteiger charge is 2.25. The Labute approximate surface area is 133 Å². The summed E-state index contributed by atoms with van der Waals surface area (Å²) < 4.78 is 0. The number of hydrogen-bond donors (Lipinski definition) is 3. The van der Waals surface area contributed by atoms with E-state index >= 15 is 0 Å². The summed E-state index contributed by atoms with van der Waals surface area (Å²) >= 11 is 1.65. The van der Waals surface area contributed by atoms with Crippen LogP contribution in [0.5, 0.6) is 0 Å². The van der Waals surface area contributed by atoms with Crippen molar-refractivity contribution in [2.75, 3.05) is 6.54 Å². The van der Waals surface area contributed by atoms with E-state index in [4.69, 9.17) is 0 Å². The Hall–Kier alpha value is -2.18. The van der Waals surface area contributed by atoms with Gasteiger partial charge in [-0.25, -0.2) is 4.79 Å². The van der Waals surface area contributed by atoms with E-state index < -0.39 is 12.1 Å². The highest BCUT2D eigenvalue weighted by Crippen LogP contribution is 2.10. The van der Waals surface area contributed by atoms with Gasteiger partial charge in [0.05, 0.1) is 4.88 Å². The van der Waals surface area contributed by atoms with E-state index in [1.165, 1.54) is 4.88 Å². The van der Waals surface area contributed by atoms with Crippen molar-refractivity contribution < 1.29 is 14.9 Å². The Morgan fingerprint density at radius 3 is 2.59 bits per heavy atom. The smallest absolute Gasteiger partial charge is 0.321 e. The lowest BCUT2D eigenvalue weighted by Gasteiger charge is -2.15. The highest BCUT2D eigenvalue weighted by atomic mass is 32.1. The van der Waals surface area contributed by atoms with Crippen LogP contribution >= 0.6 is 11.3 Å². The summed E-state index contributed by atoms with van der Waals surface area (Å²) in [7, 11) is 0. The summed E-state index contributed by atoms with van der Waals surface area (Å²) in [6.07, 6.45) is 0. The second-order valence-electron chi connectivity index (χ2n) is 4.76. The van der Waals surface area contributed by atoms with Crippen molar-refractivity contribution in [2.45, 2.75) is 19.5 Å². The molecule has 3 amide bonds. The van der Waals surface area contributed by atoms with Crippen LogP contribution < -0.4 is 16.0 Å². The minimum atomic E-state index is -0.460. The molecule has 1 aromatic heterocycles. The maximum Gasteiger partial charge on any atom is 0.321 e. The molecule has 5 nitrogen and oxygen atoms in total. The van der Waals surface area contributed by atoms with E-state index in [1.807, 2.05) is 60.1 Å². The fraction of sp³-hybridized carbons (Fsp3) is 0.250. The molecular formula is C16H20N3O2S+. The minimum Gasteiger partial charge on any atom is -0.338 e.